The van der Waals surface area contributed by atoms with E-state index in [1.54, 1.807) is 18.2 Å². The maximum absolute atomic E-state index is 12.2. The van der Waals surface area contributed by atoms with E-state index in [1.807, 2.05) is 0 Å². The molecular formula is C18H27N3O3. The van der Waals surface area contributed by atoms with Crippen LogP contribution in [0, 0.1) is 16.0 Å². The average molecular weight is 333 g/mol. The van der Waals surface area contributed by atoms with Gasteiger partial charge < -0.3 is 5.32 Å². The molecule has 6 nitrogen and oxygen atoms in total. The summed E-state index contributed by atoms with van der Waals surface area (Å²) < 4.78 is 0. The number of amides is 1. The normalized spacial score (nSPS) is 19.0. The molecule has 0 radical (unpaired) electrons. The van der Waals surface area contributed by atoms with E-state index in [-0.39, 0.29) is 23.6 Å². The smallest absolute Gasteiger partial charge is 0.273 e. The predicted molar refractivity (Wildman–Crippen MR) is 93.9 cm³/mol. The lowest BCUT2D eigenvalue weighted by Crippen LogP contribution is -2.54. The van der Waals surface area contributed by atoms with E-state index in [4.69, 9.17) is 0 Å². The van der Waals surface area contributed by atoms with E-state index in [0.29, 0.717) is 18.0 Å². The molecule has 0 saturated carbocycles. The Morgan fingerprint density at radius 2 is 2.12 bits per heavy atom. The van der Waals surface area contributed by atoms with Gasteiger partial charge in [0.1, 0.15) is 0 Å². The van der Waals surface area contributed by atoms with Crippen molar-refractivity contribution in [2.24, 2.45) is 5.92 Å². The molecule has 2 rings (SSSR count). The van der Waals surface area contributed by atoms with Gasteiger partial charge in [-0.3, -0.25) is 19.8 Å². The van der Waals surface area contributed by atoms with Crippen LogP contribution in [0.5, 0.6) is 0 Å². The van der Waals surface area contributed by atoms with E-state index in [1.165, 1.54) is 18.9 Å². The van der Waals surface area contributed by atoms with Crippen LogP contribution < -0.4 is 5.32 Å². The van der Waals surface area contributed by atoms with Gasteiger partial charge in [0.2, 0.25) is 5.91 Å². The number of nitrogens with zero attached hydrogens (tertiary/aromatic N) is 2. The third kappa shape index (κ3) is 4.77. The lowest BCUT2D eigenvalue weighted by Gasteiger charge is -2.43. The van der Waals surface area contributed by atoms with Gasteiger partial charge >= 0.3 is 0 Å². The van der Waals surface area contributed by atoms with E-state index in [2.05, 4.69) is 31.0 Å². The van der Waals surface area contributed by atoms with Crippen LogP contribution in [0.15, 0.2) is 24.3 Å². The Kier molecular flexibility index (Phi) is 5.94. The Labute approximate surface area is 143 Å². The molecule has 1 atom stereocenters. The molecule has 1 aliphatic rings. The molecule has 1 aromatic carbocycles. The summed E-state index contributed by atoms with van der Waals surface area (Å²) >= 11 is 0. The third-order valence-corrected chi connectivity index (χ3v) is 4.77. The second-order valence-electron chi connectivity index (χ2n) is 7.35. The zero-order valence-corrected chi connectivity index (χ0v) is 14.7. The van der Waals surface area contributed by atoms with Crippen molar-refractivity contribution >= 4 is 11.6 Å². The summed E-state index contributed by atoms with van der Waals surface area (Å²) in [5.41, 5.74) is 0.327. The molecule has 6 heteroatoms. The van der Waals surface area contributed by atoms with Crippen molar-refractivity contribution in [2.45, 2.75) is 45.6 Å². The third-order valence-electron chi connectivity index (χ3n) is 4.77. The van der Waals surface area contributed by atoms with Crippen LogP contribution in [0.1, 0.15) is 39.2 Å². The van der Waals surface area contributed by atoms with Crippen molar-refractivity contribution in [2.75, 3.05) is 19.6 Å². The summed E-state index contributed by atoms with van der Waals surface area (Å²) in [7, 11) is 0. The van der Waals surface area contributed by atoms with Gasteiger partial charge in [-0.1, -0.05) is 25.1 Å². The van der Waals surface area contributed by atoms with Crippen molar-refractivity contribution in [1.29, 1.82) is 0 Å². The molecular weight excluding hydrogens is 306 g/mol. The van der Waals surface area contributed by atoms with Gasteiger partial charge in [0.15, 0.2) is 0 Å². The van der Waals surface area contributed by atoms with Gasteiger partial charge in [-0.25, -0.2) is 0 Å². The van der Waals surface area contributed by atoms with E-state index in [9.17, 15) is 14.9 Å². The first-order valence-corrected chi connectivity index (χ1v) is 8.53. The number of piperidine rings is 1. The highest BCUT2D eigenvalue weighted by molar-refractivity contribution is 5.79. The second kappa shape index (κ2) is 7.75. The van der Waals surface area contributed by atoms with Gasteiger partial charge in [0, 0.05) is 30.3 Å². The Morgan fingerprint density at radius 1 is 1.42 bits per heavy atom. The zero-order chi connectivity index (χ0) is 17.7. The fourth-order valence-electron chi connectivity index (χ4n) is 3.24. The first-order valence-electron chi connectivity index (χ1n) is 8.53. The highest BCUT2D eigenvalue weighted by Gasteiger charge is 2.30. The molecule has 1 heterocycles. The molecule has 1 unspecified atom stereocenters. The van der Waals surface area contributed by atoms with Gasteiger partial charge in [-0.15, -0.1) is 0 Å². The van der Waals surface area contributed by atoms with Gasteiger partial charge in [-0.05, 0) is 39.2 Å². The Hall–Kier alpha value is -1.95. The molecule has 132 valence electrons. The Bertz CT molecular complexity index is 601. The molecule has 1 saturated heterocycles. The Morgan fingerprint density at radius 3 is 2.79 bits per heavy atom. The topological polar surface area (TPSA) is 75.5 Å². The van der Waals surface area contributed by atoms with Crippen molar-refractivity contribution < 1.29 is 9.72 Å². The van der Waals surface area contributed by atoms with Crippen LogP contribution in [-0.2, 0) is 11.2 Å². The van der Waals surface area contributed by atoms with Gasteiger partial charge in [-0.2, -0.15) is 0 Å². The van der Waals surface area contributed by atoms with Crippen LogP contribution in [0.3, 0.4) is 0 Å². The van der Waals surface area contributed by atoms with E-state index in [0.717, 1.165) is 13.1 Å². The van der Waals surface area contributed by atoms with Crippen LogP contribution in [0.4, 0.5) is 5.69 Å². The minimum atomic E-state index is -0.443. The van der Waals surface area contributed by atoms with Crippen molar-refractivity contribution in [3.63, 3.8) is 0 Å². The summed E-state index contributed by atoms with van der Waals surface area (Å²) in [4.78, 5) is 25.2. The zero-order valence-electron chi connectivity index (χ0n) is 14.7. The number of carbonyl (C=O) groups is 1. The molecule has 1 aromatic rings. The van der Waals surface area contributed by atoms with Crippen molar-refractivity contribution in [3.05, 3.63) is 39.9 Å². The summed E-state index contributed by atoms with van der Waals surface area (Å²) in [5.74, 6) is 0.503. The molecule has 24 heavy (non-hydrogen) atoms. The number of likely N-dealkylation sites (tertiary alicyclic amines) is 1. The summed E-state index contributed by atoms with van der Waals surface area (Å²) in [6.45, 7) is 9.17. The monoisotopic (exact) mass is 333 g/mol. The number of rotatable bonds is 6. The lowest BCUT2D eigenvalue weighted by atomic mass is 9.93. The van der Waals surface area contributed by atoms with Gasteiger partial charge in [0.05, 0.1) is 11.3 Å². The minimum absolute atomic E-state index is 0.00299. The van der Waals surface area contributed by atoms with Crippen molar-refractivity contribution in [3.8, 4) is 0 Å². The summed E-state index contributed by atoms with van der Waals surface area (Å²) in [5, 5.41) is 14.0. The van der Waals surface area contributed by atoms with E-state index >= 15 is 0 Å². The highest BCUT2D eigenvalue weighted by Crippen LogP contribution is 2.23. The summed E-state index contributed by atoms with van der Waals surface area (Å²) in [6, 6.07) is 6.39. The standard InChI is InChI=1S/C18H27N3O3/c1-14-7-6-10-20(12-14)18(2,3)13-19-17(22)11-15-8-4-5-9-16(15)21(23)24/h4-5,8-9,14H,6-7,10-13H2,1-3H3,(H,19,22). The molecule has 1 amide bonds. The number of carbonyl (C=O) groups excluding carboxylic acids is 1. The number of benzene rings is 1. The SMILES string of the molecule is CC1CCCN(C(C)(C)CNC(=O)Cc2ccccc2[N+](=O)[O-])C1. The first-order chi connectivity index (χ1) is 11.3. The fraction of sp³-hybridized carbons (Fsp3) is 0.611. The first kappa shape index (κ1) is 18.4. The molecule has 0 spiro atoms. The molecule has 1 N–H and O–H groups in total. The van der Waals surface area contributed by atoms with Crippen molar-refractivity contribution in [1.82, 2.24) is 10.2 Å². The fourth-order valence-corrected chi connectivity index (χ4v) is 3.24. The predicted octanol–water partition coefficient (Wildman–Crippen LogP) is 2.76. The van der Waals surface area contributed by atoms with Crippen LogP contribution in [0.25, 0.3) is 0 Å². The average Bonchev–Trinajstić information content (AvgIpc) is 2.53. The number of para-hydroxylation sites is 1. The molecule has 1 fully saturated rings. The second-order valence-corrected chi connectivity index (χ2v) is 7.35. The number of hydrogen-bond acceptors (Lipinski definition) is 4. The van der Waals surface area contributed by atoms with Gasteiger partial charge in [0.25, 0.3) is 5.69 Å². The number of nitro groups is 1. The highest BCUT2D eigenvalue weighted by atomic mass is 16.6. The largest absolute Gasteiger partial charge is 0.354 e. The number of nitro benzene ring substituents is 1. The lowest BCUT2D eigenvalue weighted by molar-refractivity contribution is -0.385. The van der Waals surface area contributed by atoms with E-state index < -0.39 is 4.92 Å². The molecule has 0 aliphatic carbocycles. The Balaban J connectivity index is 1.92. The molecule has 0 bridgehead atoms. The van der Waals surface area contributed by atoms with Crippen LogP contribution in [0.2, 0.25) is 0 Å². The number of nitrogens with one attached hydrogen (secondary N) is 1. The molecule has 0 aromatic heterocycles. The number of hydrogen-bond donors (Lipinski definition) is 1. The summed E-state index contributed by atoms with van der Waals surface area (Å²) in [6.07, 6.45) is 2.48. The quantitative estimate of drug-likeness (QED) is 0.641. The van der Waals surface area contributed by atoms with Crippen LogP contribution >= 0.6 is 0 Å². The van der Waals surface area contributed by atoms with Crippen LogP contribution in [-0.4, -0.2) is 40.9 Å². The maximum Gasteiger partial charge on any atom is 0.273 e. The maximum atomic E-state index is 12.2. The molecule has 1 aliphatic heterocycles. The minimum Gasteiger partial charge on any atom is -0.354 e.